The molecule has 0 aliphatic carbocycles. The Bertz CT molecular complexity index is 1100. The molecule has 4 aromatic rings. The predicted octanol–water partition coefficient (Wildman–Crippen LogP) is 4.95. The molecule has 0 amide bonds. The topological polar surface area (TPSA) is 30.3 Å². The number of methoxy groups -OCH3 is 1. The Labute approximate surface area is 153 Å². The maximum Gasteiger partial charge on any atom is 0.0864 e. The Morgan fingerprint density at radius 3 is 2.69 bits per heavy atom. The van der Waals surface area contributed by atoms with E-state index in [1.54, 1.807) is 7.11 Å². The smallest absolute Gasteiger partial charge is 0.0864 e. The van der Waals surface area contributed by atoms with E-state index in [-0.39, 0.29) is 0 Å². The van der Waals surface area contributed by atoms with E-state index in [4.69, 9.17) is 4.74 Å². The lowest BCUT2D eigenvalue weighted by Gasteiger charge is -2.22. The first kappa shape index (κ1) is 16.6. The van der Waals surface area contributed by atoms with E-state index in [0.29, 0.717) is 6.61 Å². The molecule has 2 heterocycles. The number of benzene rings is 2. The second kappa shape index (κ2) is 6.46. The first-order chi connectivity index (χ1) is 12.6. The average molecular weight is 345 g/mol. The van der Waals surface area contributed by atoms with Gasteiger partial charge in [0, 0.05) is 54.6 Å². The van der Waals surface area contributed by atoms with Gasteiger partial charge in [0.15, 0.2) is 0 Å². The number of rotatable bonds is 4. The van der Waals surface area contributed by atoms with Gasteiger partial charge in [-0.15, -0.1) is 0 Å². The van der Waals surface area contributed by atoms with Gasteiger partial charge in [-0.1, -0.05) is 18.2 Å². The van der Waals surface area contributed by atoms with Crippen LogP contribution in [0.1, 0.15) is 11.4 Å². The van der Waals surface area contributed by atoms with Crippen LogP contribution < -0.4 is 4.90 Å². The van der Waals surface area contributed by atoms with Crippen molar-refractivity contribution in [2.75, 3.05) is 19.1 Å². The molecule has 0 radical (unpaired) electrons. The molecule has 2 aromatic carbocycles. The van der Waals surface area contributed by atoms with Gasteiger partial charge in [0.2, 0.25) is 0 Å². The number of aryl methyl sites for hydroxylation is 2. The number of nitrogens with zero attached hydrogens (tertiary/aromatic N) is 3. The van der Waals surface area contributed by atoms with Crippen LogP contribution in [0.2, 0.25) is 0 Å². The molecule has 2 aromatic heterocycles. The van der Waals surface area contributed by atoms with Gasteiger partial charge in [-0.05, 0) is 43.3 Å². The summed E-state index contributed by atoms with van der Waals surface area (Å²) >= 11 is 0. The van der Waals surface area contributed by atoms with Gasteiger partial charge < -0.3 is 14.2 Å². The van der Waals surface area contributed by atoms with Crippen LogP contribution >= 0.6 is 0 Å². The number of ether oxygens (including phenoxy) is 1. The Kier molecular flexibility index (Phi) is 4.13. The first-order valence-electron chi connectivity index (χ1n) is 8.76. The van der Waals surface area contributed by atoms with Crippen molar-refractivity contribution in [3.8, 4) is 0 Å². The minimum atomic E-state index is 0.616. The highest BCUT2D eigenvalue weighted by Gasteiger charge is 2.12. The lowest BCUT2D eigenvalue weighted by Crippen LogP contribution is -2.10. The molecule has 26 heavy (non-hydrogen) atoms. The van der Waals surface area contributed by atoms with Gasteiger partial charge in [0.25, 0.3) is 0 Å². The SMILES string of the molecule is COCc1cc2cc(N(C)c3cc(C)nc4ccccc34)ccc2n1C. The molecule has 0 saturated carbocycles. The number of anilines is 2. The highest BCUT2D eigenvalue weighted by molar-refractivity contribution is 5.95. The molecule has 0 unspecified atom stereocenters. The average Bonchev–Trinajstić information content (AvgIpc) is 2.96. The standard InChI is InChI=1S/C22H23N3O/c1-15-11-22(19-7-5-6-8-20(19)23-15)24(2)17-9-10-21-16(12-17)13-18(14-26-4)25(21)3/h5-13H,14H2,1-4H3. The van der Waals surface area contributed by atoms with E-state index in [1.165, 1.54) is 22.3 Å². The molecule has 4 heteroatoms. The summed E-state index contributed by atoms with van der Waals surface area (Å²) in [5, 5.41) is 2.38. The maximum atomic E-state index is 5.31. The fourth-order valence-electron chi connectivity index (χ4n) is 3.59. The number of hydrogen-bond acceptors (Lipinski definition) is 3. The minimum absolute atomic E-state index is 0.616. The molecule has 0 aliphatic rings. The van der Waals surface area contributed by atoms with Crippen molar-refractivity contribution in [2.24, 2.45) is 7.05 Å². The zero-order valence-electron chi connectivity index (χ0n) is 15.7. The number of hydrogen-bond donors (Lipinski definition) is 0. The monoisotopic (exact) mass is 345 g/mol. The van der Waals surface area contributed by atoms with E-state index in [1.807, 2.05) is 13.0 Å². The van der Waals surface area contributed by atoms with E-state index in [2.05, 4.69) is 77.1 Å². The third-order valence-corrected chi connectivity index (χ3v) is 4.99. The summed E-state index contributed by atoms with van der Waals surface area (Å²) in [6, 6.07) is 19.2. The second-order valence-corrected chi connectivity index (χ2v) is 6.73. The molecular weight excluding hydrogens is 322 g/mol. The third-order valence-electron chi connectivity index (χ3n) is 4.99. The molecule has 0 N–H and O–H groups in total. The van der Waals surface area contributed by atoms with Crippen molar-refractivity contribution in [1.82, 2.24) is 9.55 Å². The minimum Gasteiger partial charge on any atom is -0.378 e. The summed E-state index contributed by atoms with van der Waals surface area (Å²) in [7, 11) is 5.93. The summed E-state index contributed by atoms with van der Waals surface area (Å²) < 4.78 is 7.50. The fourth-order valence-corrected chi connectivity index (χ4v) is 3.59. The van der Waals surface area contributed by atoms with Crippen LogP contribution in [-0.4, -0.2) is 23.7 Å². The van der Waals surface area contributed by atoms with Crippen LogP contribution in [0, 0.1) is 6.92 Å². The van der Waals surface area contributed by atoms with Crippen LogP contribution in [0.15, 0.2) is 54.6 Å². The number of aromatic nitrogens is 2. The lowest BCUT2D eigenvalue weighted by atomic mass is 10.1. The molecule has 0 aliphatic heterocycles. The summed E-state index contributed by atoms with van der Waals surface area (Å²) in [4.78, 5) is 6.89. The molecule has 0 bridgehead atoms. The van der Waals surface area contributed by atoms with Crippen molar-refractivity contribution in [3.63, 3.8) is 0 Å². The first-order valence-corrected chi connectivity index (χ1v) is 8.76. The Morgan fingerprint density at radius 1 is 1.08 bits per heavy atom. The molecule has 0 saturated heterocycles. The van der Waals surface area contributed by atoms with E-state index in [0.717, 1.165) is 22.3 Å². The molecular formula is C22H23N3O. The quantitative estimate of drug-likeness (QED) is 0.524. The number of fused-ring (bicyclic) bond motifs is 2. The van der Waals surface area contributed by atoms with Gasteiger partial charge in [0.1, 0.15) is 0 Å². The van der Waals surface area contributed by atoms with Crippen LogP contribution in [0.4, 0.5) is 11.4 Å². The van der Waals surface area contributed by atoms with E-state index < -0.39 is 0 Å². The molecule has 0 spiro atoms. The van der Waals surface area contributed by atoms with Gasteiger partial charge in [-0.3, -0.25) is 4.98 Å². The molecule has 0 atom stereocenters. The van der Waals surface area contributed by atoms with Gasteiger partial charge in [0.05, 0.1) is 17.8 Å². The second-order valence-electron chi connectivity index (χ2n) is 6.73. The van der Waals surface area contributed by atoms with Crippen LogP contribution in [0.5, 0.6) is 0 Å². The van der Waals surface area contributed by atoms with Crippen molar-refractivity contribution in [3.05, 3.63) is 66.0 Å². The van der Waals surface area contributed by atoms with Gasteiger partial charge >= 0.3 is 0 Å². The predicted molar refractivity (Wildman–Crippen MR) is 108 cm³/mol. The van der Waals surface area contributed by atoms with Crippen LogP contribution in [0.3, 0.4) is 0 Å². The Morgan fingerprint density at radius 2 is 1.88 bits per heavy atom. The Hall–Kier alpha value is -2.85. The van der Waals surface area contributed by atoms with Crippen LogP contribution in [-0.2, 0) is 18.4 Å². The number of para-hydroxylation sites is 1. The molecule has 0 fully saturated rings. The van der Waals surface area contributed by atoms with E-state index >= 15 is 0 Å². The molecule has 4 rings (SSSR count). The van der Waals surface area contributed by atoms with Crippen LogP contribution in [0.25, 0.3) is 21.8 Å². The zero-order valence-corrected chi connectivity index (χ0v) is 15.7. The van der Waals surface area contributed by atoms with Gasteiger partial charge in [-0.25, -0.2) is 0 Å². The van der Waals surface area contributed by atoms with Crippen molar-refractivity contribution < 1.29 is 4.74 Å². The highest BCUT2D eigenvalue weighted by Crippen LogP contribution is 2.33. The summed E-state index contributed by atoms with van der Waals surface area (Å²) in [6.07, 6.45) is 0. The van der Waals surface area contributed by atoms with E-state index in [9.17, 15) is 0 Å². The zero-order chi connectivity index (χ0) is 18.3. The van der Waals surface area contributed by atoms with Crippen molar-refractivity contribution in [1.29, 1.82) is 0 Å². The lowest BCUT2D eigenvalue weighted by molar-refractivity contribution is 0.179. The summed E-state index contributed by atoms with van der Waals surface area (Å²) in [5.74, 6) is 0. The third kappa shape index (κ3) is 2.72. The van der Waals surface area contributed by atoms with Crippen molar-refractivity contribution in [2.45, 2.75) is 13.5 Å². The number of pyridine rings is 1. The summed E-state index contributed by atoms with van der Waals surface area (Å²) in [6.45, 7) is 2.66. The molecule has 4 nitrogen and oxygen atoms in total. The van der Waals surface area contributed by atoms with Crippen molar-refractivity contribution >= 4 is 33.2 Å². The normalized spacial score (nSPS) is 11.4. The Balaban J connectivity index is 1.83. The maximum absolute atomic E-state index is 5.31. The summed E-state index contributed by atoms with van der Waals surface area (Å²) in [5.41, 5.74) is 6.76. The fraction of sp³-hybridized carbons (Fsp3) is 0.227. The highest BCUT2D eigenvalue weighted by atomic mass is 16.5. The van der Waals surface area contributed by atoms with Gasteiger partial charge in [-0.2, -0.15) is 0 Å². The largest absolute Gasteiger partial charge is 0.378 e. The molecule has 132 valence electrons.